The van der Waals surface area contributed by atoms with Crippen LogP contribution in [0.1, 0.15) is 17.4 Å². The number of aryl methyl sites for hydroxylation is 1. The number of amides is 1. The van der Waals surface area contributed by atoms with Crippen LogP contribution >= 0.6 is 0 Å². The predicted octanol–water partition coefficient (Wildman–Crippen LogP) is 1.67. The first-order valence-electron chi connectivity index (χ1n) is 7.80. The van der Waals surface area contributed by atoms with E-state index in [9.17, 15) is 22.0 Å². The summed E-state index contributed by atoms with van der Waals surface area (Å²) in [5.74, 6) is -2.65. The van der Waals surface area contributed by atoms with Gasteiger partial charge in [0.15, 0.2) is 11.6 Å². The van der Waals surface area contributed by atoms with Gasteiger partial charge >= 0.3 is 0 Å². The standard InChI is InChI=1S/C16H18F2N4O3S/c1-9-7-19-14-13(26(24,25)20-9)8-21(2)15(14)16(23)22(3)10-4-5-11(17)12(18)6-10/h4-6,8-9,19-20H,7H2,1-3H3. The Morgan fingerprint density at radius 3 is 2.65 bits per heavy atom. The van der Waals surface area contributed by atoms with Crippen molar-refractivity contribution in [3.05, 3.63) is 41.7 Å². The number of benzene rings is 1. The molecule has 1 amide bonds. The molecular weight excluding hydrogens is 366 g/mol. The number of anilines is 2. The molecule has 0 saturated heterocycles. The van der Waals surface area contributed by atoms with Crippen LogP contribution in [-0.4, -0.2) is 38.5 Å². The Kier molecular flexibility index (Phi) is 4.49. The zero-order valence-corrected chi connectivity index (χ0v) is 15.2. The average Bonchev–Trinajstić information content (AvgIpc) is 2.85. The summed E-state index contributed by atoms with van der Waals surface area (Å²) < 4.78 is 55.4. The van der Waals surface area contributed by atoms with Gasteiger partial charge in [0.1, 0.15) is 10.6 Å². The van der Waals surface area contributed by atoms with E-state index in [1.165, 1.54) is 23.9 Å². The van der Waals surface area contributed by atoms with Gasteiger partial charge in [0.2, 0.25) is 10.0 Å². The number of aromatic nitrogens is 1. The van der Waals surface area contributed by atoms with Crippen molar-refractivity contribution in [1.29, 1.82) is 0 Å². The minimum absolute atomic E-state index is 0.0358. The number of rotatable bonds is 2. The normalized spacial score (nSPS) is 18.6. The maximum Gasteiger partial charge on any atom is 0.276 e. The first-order valence-corrected chi connectivity index (χ1v) is 9.28. The van der Waals surface area contributed by atoms with Crippen LogP contribution in [0, 0.1) is 11.6 Å². The van der Waals surface area contributed by atoms with E-state index >= 15 is 0 Å². The molecule has 2 N–H and O–H groups in total. The minimum atomic E-state index is -3.78. The number of nitrogens with zero attached hydrogens (tertiary/aromatic N) is 2. The summed E-state index contributed by atoms with van der Waals surface area (Å²) in [5.41, 5.74) is 0.433. The largest absolute Gasteiger partial charge is 0.380 e. The van der Waals surface area contributed by atoms with Crippen molar-refractivity contribution in [3.8, 4) is 0 Å². The van der Waals surface area contributed by atoms with Crippen LogP contribution in [0.15, 0.2) is 29.3 Å². The van der Waals surface area contributed by atoms with Gasteiger partial charge in [0.25, 0.3) is 5.91 Å². The fourth-order valence-corrected chi connectivity index (χ4v) is 4.30. The second-order valence-electron chi connectivity index (χ2n) is 6.19. The molecule has 2 aromatic rings. The SMILES string of the molecule is CC1CNc2c(cn(C)c2C(=O)N(C)c2ccc(F)c(F)c2)S(=O)(=O)N1. The van der Waals surface area contributed by atoms with E-state index in [0.717, 1.165) is 17.0 Å². The maximum absolute atomic E-state index is 13.5. The molecule has 1 atom stereocenters. The molecule has 26 heavy (non-hydrogen) atoms. The van der Waals surface area contributed by atoms with Crippen molar-refractivity contribution in [2.45, 2.75) is 17.9 Å². The lowest BCUT2D eigenvalue weighted by Gasteiger charge is -2.19. The zero-order valence-electron chi connectivity index (χ0n) is 14.4. The highest BCUT2D eigenvalue weighted by atomic mass is 32.2. The molecule has 140 valence electrons. The fourth-order valence-electron chi connectivity index (χ4n) is 2.83. The zero-order chi connectivity index (χ0) is 19.2. The number of carbonyl (C=O) groups is 1. The molecule has 0 bridgehead atoms. The summed E-state index contributed by atoms with van der Waals surface area (Å²) in [6.45, 7) is 2.00. The Balaban J connectivity index is 2.06. The Hall–Kier alpha value is -2.46. The van der Waals surface area contributed by atoms with Gasteiger partial charge in [0.05, 0.1) is 5.69 Å². The molecule has 1 aliphatic rings. The number of hydrogen-bond donors (Lipinski definition) is 2. The summed E-state index contributed by atoms with van der Waals surface area (Å²) in [6, 6.07) is 2.74. The van der Waals surface area contributed by atoms with Gasteiger partial charge in [-0.1, -0.05) is 0 Å². The van der Waals surface area contributed by atoms with Gasteiger partial charge in [-0.2, -0.15) is 0 Å². The van der Waals surface area contributed by atoms with Gasteiger partial charge in [-0.15, -0.1) is 0 Å². The van der Waals surface area contributed by atoms with Gasteiger partial charge in [-0.3, -0.25) is 4.79 Å². The number of nitrogens with one attached hydrogen (secondary N) is 2. The van der Waals surface area contributed by atoms with Crippen molar-refractivity contribution in [2.75, 3.05) is 23.8 Å². The quantitative estimate of drug-likeness (QED) is 0.825. The second-order valence-corrected chi connectivity index (χ2v) is 7.88. The summed E-state index contributed by atoms with van der Waals surface area (Å²) in [4.78, 5) is 14.0. The van der Waals surface area contributed by atoms with E-state index < -0.39 is 27.6 Å². The molecule has 1 aromatic heterocycles. The van der Waals surface area contributed by atoms with Crippen LogP contribution < -0.4 is 14.9 Å². The topological polar surface area (TPSA) is 83.4 Å². The van der Waals surface area contributed by atoms with Gasteiger partial charge in [0, 0.05) is 44.6 Å². The van der Waals surface area contributed by atoms with Crippen LogP contribution in [0.5, 0.6) is 0 Å². The third-order valence-electron chi connectivity index (χ3n) is 4.18. The molecule has 3 rings (SSSR count). The summed E-state index contributed by atoms with van der Waals surface area (Å²) >= 11 is 0. The summed E-state index contributed by atoms with van der Waals surface area (Å²) in [6.07, 6.45) is 1.34. The Labute approximate surface area is 149 Å². The molecule has 0 spiro atoms. The van der Waals surface area contributed by atoms with Gasteiger partial charge in [-0.25, -0.2) is 21.9 Å². The number of fused-ring (bicyclic) bond motifs is 1. The molecule has 0 radical (unpaired) electrons. The highest BCUT2D eigenvalue weighted by Crippen LogP contribution is 2.31. The molecule has 0 aliphatic carbocycles. The van der Waals surface area contributed by atoms with Crippen LogP contribution in [0.25, 0.3) is 0 Å². The maximum atomic E-state index is 13.5. The van der Waals surface area contributed by atoms with Crippen LogP contribution in [0.4, 0.5) is 20.2 Å². The number of hydrogen-bond acceptors (Lipinski definition) is 4. The molecular formula is C16H18F2N4O3S. The first kappa shape index (κ1) is 18.3. The molecule has 10 heteroatoms. The van der Waals surface area contributed by atoms with E-state index in [2.05, 4.69) is 10.0 Å². The van der Waals surface area contributed by atoms with Crippen LogP contribution in [0.2, 0.25) is 0 Å². The van der Waals surface area contributed by atoms with E-state index in [-0.39, 0.29) is 28.0 Å². The molecule has 2 heterocycles. The molecule has 1 aliphatic heterocycles. The minimum Gasteiger partial charge on any atom is -0.380 e. The molecule has 1 unspecified atom stereocenters. The average molecular weight is 384 g/mol. The van der Waals surface area contributed by atoms with Crippen molar-refractivity contribution >= 4 is 27.3 Å². The van der Waals surface area contributed by atoms with E-state index in [0.29, 0.717) is 6.54 Å². The Morgan fingerprint density at radius 2 is 2.00 bits per heavy atom. The van der Waals surface area contributed by atoms with Crippen LogP contribution in [0.3, 0.4) is 0 Å². The molecule has 1 aromatic carbocycles. The fraction of sp³-hybridized carbons (Fsp3) is 0.312. The Morgan fingerprint density at radius 1 is 1.31 bits per heavy atom. The summed E-state index contributed by atoms with van der Waals surface area (Å²) in [7, 11) is -0.833. The smallest absolute Gasteiger partial charge is 0.276 e. The second kappa shape index (κ2) is 6.36. The van der Waals surface area contributed by atoms with Crippen molar-refractivity contribution < 1.29 is 22.0 Å². The monoisotopic (exact) mass is 384 g/mol. The first-order chi connectivity index (χ1) is 12.1. The van der Waals surface area contributed by atoms with E-state index in [1.54, 1.807) is 14.0 Å². The van der Waals surface area contributed by atoms with Crippen molar-refractivity contribution in [1.82, 2.24) is 9.29 Å². The number of sulfonamides is 1. The van der Waals surface area contributed by atoms with Crippen LogP contribution in [-0.2, 0) is 17.1 Å². The van der Waals surface area contributed by atoms with E-state index in [1.807, 2.05) is 0 Å². The van der Waals surface area contributed by atoms with Crippen molar-refractivity contribution in [3.63, 3.8) is 0 Å². The lowest BCUT2D eigenvalue weighted by atomic mass is 10.2. The number of carbonyl (C=O) groups excluding carboxylic acids is 1. The third kappa shape index (κ3) is 3.06. The lowest BCUT2D eigenvalue weighted by Crippen LogP contribution is -2.34. The molecule has 0 saturated carbocycles. The predicted molar refractivity (Wildman–Crippen MR) is 92.8 cm³/mol. The lowest BCUT2D eigenvalue weighted by molar-refractivity contribution is 0.0986. The summed E-state index contributed by atoms with van der Waals surface area (Å²) in [5, 5.41) is 2.98. The van der Waals surface area contributed by atoms with Gasteiger partial charge < -0.3 is 14.8 Å². The molecule has 0 fully saturated rings. The number of halogens is 2. The van der Waals surface area contributed by atoms with Crippen molar-refractivity contribution in [2.24, 2.45) is 7.05 Å². The third-order valence-corrected chi connectivity index (χ3v) is 5.78. The van der Waals surface area contributed by atoms with E-state index in [4.69, 9.17) is 0 Å². The van der Waals surface area contributed by atoms with Gasteiger partial charge in [-0.05, 0) is 19.1 Å². The Bertz CT molecular complexity index is 988. The highest BCUT2D eigenvalue weighted by Gasteiger charge is 2.33. The highest BCUT2D eigenvalue weighted by molar-refractivity contribution is 7.89. The molecule has 7 nitrogen and oxygen atoms in total.